The fourth-order valence-corrected chi connectivity index (χ4v) is 3.52. The van der Waals surface area contributed by atoms with Gasteiger partial charge in [-0.3, -0.25) is 4.79 Å². The molecule has 1 aromatic carbocycles. The number of carbonyl (C=O) groups is 1. The highest BCUT2D eigenvalue weighted by molar-refractivity contribution is 14.0. The molecule has 1 amide bonds. The molecule has 2 heterocycles. The Hall–Kier alpha value is -2.10. The molecule has 1 fully saturated rings. The Labute approximate surface area is 190 Å². The SMILES string of the molecule is CCNC(=NCC(=O)NCc1ccccc1)N1CCC(C)C(n2ccnc2)C1.I. The van der Waals surface area contributed by atoms with Crippen LogP contribution < -0.4 is 10.6 Å². The van der Waals surface area contributed by atoms with Crippen LogP contribution in [-0.4, -0.2) is 52.5 Å². The van der Waals surface area contributed by atoms with Gasteiger partial charge in [-0.25, -0.2) is 9.98 Å². The molecule has 7 nitrogen and oxygen atoms in total. The minimum atomic E-state index is -0.0733. The number of imidazole rings is 1. The van der Waals surface area contributed by atoms with E-state index in [4.69, 9.17) is 0 Å². The van der Waals surface area contributed by atoms with Gasteiger partial charge in [0.1, 0.15) is 6.54 Å². The maximum absolute atomic E-state index is 12.2. The number of hydrogen-bond donors (Lipinski definition) is 2. The predicted molar refractivity (Wildman–Crippen MR) is 126 cm³/mol. The van der Waals surface area contributed by atoms with Gasteiger partial charge in [-0.15, -0.1) is 24.0 Å². The van der Waals surface area contributed by atoms with E-state index in [-0.39, 0.29) is 36.4 Å². The average molecular weight is 510 g/mol. The van der Waals surface area contributed by atoms with Crippen LogP contribution in [0.15, 0.2) is 54.0 Å². The number of nitrogens with one attached hydrogen (secondary N) is 2. The zero-order chi connectivity index (χ0) is 19.8. The van der Waals surface area contributed by atoms with E-state index in [0.717, 1.165) is 37.6 Å². The number of likely N-dealkylation sites (tertiary alicyclic amines) is 1. The van der Waals surface area contributed by atoms with Gasteiger partial charge in [-0.1, -0.05) is 37.3 Å². The average Bonchev–Trinajstić information content (AvgIpc) is 3.25. The predicted octanol–water partition coefficient (Wildman–Crippen LogP) is 2.67. The summed E-state index contributed by atoms with van der Waals surface area (Å²) in [5.41, 5.74) is 1.08. The topological polar surface area (TPSA) is 74.6 Å². The van der Waals surface area contributed by atoms with Gasteiger partial charge < -0.3 is 20.1 Å². The molecule has 1 saturated heterocycles. The number of benzene rings is 1. The van der Waals surface area contributed by atoms with Crippen molar-refractivity contribution in [2.24, 2.45) is 10.9 Å². The summed E-state index contributed by atoms with van der Waals surface area (Å²) >= 11 is 0. The van der Waals surface area contributed by atoms with Crippen LogP contribution in [0.5, 0.6) is 0 Å². The monoisotopic (exact) mass is 510 g/mol. The third-order valence-electron chi connectivity index (χ3n) is 5.17. The summed E-state index contributed by atoms with van der Waals surface area (Å²) in [5, 5.41) is 6.27. The molecule has 0 radical (unpaired) electrons. The van der Waals surface area contributed by atoms with E-state index in [9.17, 15) is 4.79 Å². The summed E-state index contributed by atoms with van der Waals surface area (Å²) in [5.74, 6) is 1.30. The maximum atomic E-state index is 12.2. The Morgan fingerprint density at radius 2 is 2.07 bits per heavy atom. The van der Waals surface area contributed by atoms with Crippen molar-refractivity contribution < 1.29 is 4.79 Å². The summed E-state index contributed by atoms with van der Waals surface area (Å²) in [6.07, 6.45) is 6.80. The lowest BCUT2D eigenvalue weighted by Gasteiger charge is -2.39. The lowest BCUT2D eigenvalue weighted by Crippen LogP contribution is -2.49. The van der Waals surface area contributed by atoms with Gasteiger partial charge in [-0.05, 0) is 24.8 Å². The zero-order valence-electron chi connectivity index (χ0n) is 17.1. The molecule has 8 heteroatoms. The van der Waals surface area contributed by atoms with Gasteiger partial charge in [0, 0.05) is 38.6 Å². The lowest BCUT2D eigenvalue weighted by atomic mass is 9.93. The Morgan fingerprint density at radius 3 is 2.76 bits per heavy atom. The van der Waals surface area contributed by atoms with Crippen LogP contribution in [-0.2, 0) is 11.3 Å². The molecular formula is C21H31IN6O. The highest BCUT2D eigenvalue weighted by atomic mass is 127. The van der Waals surface area contributed by atoms with E-state index < -0.39 is 0 Å². The number of aliphatic imine (C=N–C) groups is 1. The number of piperidine rings is 1. The van der Waals surface area contributed by atoms with Crippen molar-refractivity contribution in [3.05, 3.63) is 54.6 Å². The zero-order valence-corrected chi connectivity index (χ0v) is 19.5. The molecule has 0 saturated carbocycles. The van der Waals surface area contributed by atoms with Gasteiger partial charge in [0.15, 0.2) is 5.96 Å². The number of nitrogens with zero attached hydrogens (tertiary/aromatic N) is 4. The summed E-state index contributed by atoms with van der Waals surface area (Å²) in [4.78, 5) is 23.3. The molecule has 29 heavy (non-hydrogen) atoms. The molecule has 1 aliphatic heterocycles. The first-order valence-electron chi connectivity index (χ1n) is 9.98. The largest absolute Gasteiger partial charge is 0.357 e. The molecule has 0 spiro atoms. The highest BCUT2D eigenvalue weighted by Crippen LogP contribution is 2.27. The third-order valence-corrected chi connectivity index (χ3v) is 5.17. The van der Waals surface area contributed by atoms with E-state index in [1.165, 1.54) is 0 Å². The number of hydrogen-bond acceptors (Lipinski definition) is 3. The van der Waals surface area contributed by atoms with Crippen molar-refractivity contribution in [3.8, 4) is 0 Å². The van der Waals surface area contributed by atoms with Crippen LogP contribution in [0.4, 0.5) is 0 Å². The molecule has 2 N–H and O–H groups in total. The lowest BCUT2D eigenvalue weighted by molar-refractivity contribution is -0.119. The fourth-order valence-electron chi connectivity index (χ4n) is 3.52. The first kappa shape index (κ1) is 23.2. The minimum Gasteiger partial charge on any atom is -0.357 e. The first-order chi connectivity index (χ1) is 13.7. The second-order valence-corrected chi connectivity index (χ2v) is 7.22. The summed E-state index contributed by atoms with van der Waals surface area (Å²) in [6.45, 7) is 7.53. The van der Waals surface area contributed by atoms with Gasteiger partial charge in [0.25, 0.3) is 0 Å². The van der Waals surface area contributed by atoms with E-state index in [0.29, 0.717) is 18.5 Å². The van der Waals surface area contributed by atoms with Crippen LogP contribution in [0.2, 0.25) is 0 Å². The molecule has 1 aliphatic rings. The number of aromatic nitrogens is 2. The Kier molecular flexibility index (Phi) is 9.43. The van der Waals surface area contributed by atoms with Crippen LogP contribution in [0.1, 0.15) is 31.9 Å². The van der Waals surface area contributed by atoms with Crippen molar-refractivity contribution in [1.29, 1.82) is 0 Å². The molecule has 2 atom stereocenters. The number of carbonyl (C=O) groups excluding carboxylic acids is 1. The second-order valence-electron chi connectivity index (χ2n) is 7.22. The fraction of sp³-hybridized carbons (Fsp3) is 0.476. The van der Waals surface area contributed by atoms with Gasteiger partial charge in [-0.2, -0.15) is 0 Å². The van der Waals surface area contributed by atoms with Gasteiger partial charge in [0.05, 0.1) is 12.4 Å². The Bertz CT molecular complexity index is 765. The number of rotatable bonds is 6. The molecule has 158 valence electrons. The summed E-state index contributed by atoms with van der Waals surface area (Å²) in [6, 6.07) is 10.3. The first-order valence-corrected chi connectivity index (χ1v) is 9.98. The van der Waals surface area contributed by atoms with E-state index in [1.807, 2.05) is 56.0 Å². The van der Waals surface area contributed by atoms with Crippen LogP contribution >= 0.6 is 24.0 Å². The van der Waals surface area contributed by atoms with E-state index in [1.54, 1.807) is 0 Å². The van der Waals surface area contributed by atoms with Crippen molar-refractivity contribution in [3.63, 3.8) is 0 Å². The molecule has 2 aromatic rings. The molecule has 0 bridgehead atoms. The summed E-state index contributed by atoms with van der Waals surface area (Å²) in [7, 11) is 0. The Balaban J connectivity index is 0.00000300. The molecule has 0 aliphatic carbocycles. The third kappa shape index (κ3) is 6.73. The minimum absolute atomic E-state index is 0. The van der Waals surface area contributed by atoms with Gasteiger partial charge >= 0.3 is 0 Å². The maximum Gasteiger partial charge on any atom is 0.242 e. The van der Waals surface area contributed by atoms with Crippen LogP contribution in [0, 0.1) is 5.92 Å². The molecule has 1 aromatic heterocycles. The number of halogens is 1. The quantitative estimate of drug-likeness (QED) is 0.356. The molecular weight excluding hydrogens is 479 g/mol. The molecule has 2 unspecified atom stereocenters. The summed E-state index contributed by atoms with van der Waals surface area (Å²) < 4.78 is 2.17. The van der Waals surface area contributed by atoms with E-state index in [2.05, 4.69) is 37.0 Å². The highest BCUT2D eigenvalue weighted by Gasteiger charge is 2.28. The number of guanidine groups is 1. The van der Waals surface area contributed by atoms with E-state index >= 15 is 0 Å². The normalized spacial score (nSPS) is 19.4. The van der Waals surface area contributed by atoms with Gasteiger partial charge in [0.2, 0.25) is 5.91 Å². The van der Waals surface area contributed by atoms with Crippen LogP contribution in [0.25, 0.3) is 0 Å². The smallest absolute Gasteiger partial charge is 0.242 e. The molecule has 3 rings (SSSR count). The van der Waals surface area contributed by atoms with Crippen LogP contribution in [0.3, 0.4) is 0 Å². The standard InChI is InChI=1S/C21H30N6O.HI/c1-3-23-21(25-14-20(28)24-13-18-7-5-4-6-8-18)26-11-9-17(2)19(15-26)27-12-10-22-16-27;/h4-8,10,12,16-17,19H,3,9,11,13-15H2,1-2H3,(H,23,25)(H,24,28);1H. The van der Waals surface area contributed by atoms with Crippen molar-refractivity contribution in [2.75, 3.05) is 26.2 Å². The van der Waals surface area contributed by atoms with Crippen molar-refractivity contribution in [2.45, 2.75) is 32.9 Å². The number of amides is 1. The Morgan fingerprint density at radius 1 is 1.28 bits per heavy atom. The van der Waals surface area contributed by atoms with Crippen molar-refractivity contribution >= 4 is 35.8 Å². The second kappa shape index (κ2) is 11.8. The van der Waals surface area contributed by atoms with Crippen molar-refractivity contribution in [1.82, 2.24) is 25.1 Å².